The van der Waals surface area contributed by atoms with Crippen LogP contribution in [0.1, 0.15) is 30.5 Å². The van der Waals surface area contributed by atoms with Gasteiger partial charge in [-0.15, -0.1) is 0 Å². The Morgan fingerprint density at radius 2 is 0.982 bits per heavy atom. The zero-order valence-corrected chi connectivity index (χ0v) is 34.1. The molecule has 8 aromatic rings. The van der Waals surface area contributed by atoms with E-state index in [9.17, 15) is 0 Å². The molecule has 8 nitrogen and oxygen atoms in total. The van der Waals surface area contributed by atoms with E-state index >= 15 is 0 Å². The summed E-state index contributed by atoms with van der Waals surface area (Å²) < 4.78 is 1.08. The van der Waals surface area contributed by atoms with Crippen molar-refractivity contribution in [2.75, 3.05) is 19.6 Å². The van der Waals surface area contributed by atoms with Crippen LogP contribution in [0, 0.1) is 17.4 Å². The van der Waals surface area contributed by atoms with Gasteiger partial charge >= 0.3 is 337 Å². The zero-order chi connectivity index (χ0) is 38.0. The molecule has 5 aliphatic heterocycles. The van der Waals surface area contributed by atoms with Crippen LogP contribution < -0.4 is 38.0 Å². The average molecular weight is 854 g/mol. The van der Waals surface area contributed by atoms with E-state index in [4.69, 9.17) is 19.9 Å². The van der Waals surface area contributed by atoms with Gasteiger partial charge in [0.2, 0.25) is 0 Å². The maximum atomic E-state index is 5.52. The molecule has 0 bridgehead atoms. The Kier molecular flexibility index (Phi) is 5.99. The number of hydrogen-bond donors (Lipinski definition) is 0. The molecule has 13 rings (SSSR count). The van der Waals surface area contributed by atoms with Gasteiger partial charge in [0, 0.05) is 0 Å². The van der Waals surface area contributed by atoms with Crippen molar-refractivity contribution in [1.82, 2.24) is 19.9 Å². The van der Waals surface area contributed by atoms with Crippen molar-refractivity contribution in [1.29, 1.82) is 0 Å². The molecule has 0 N–H and O–H groups in total. The van der Waals surface area contributed by atoms with Gasteiger partial charge in [0.15, 0.2) is 0 Å². The molecule has 0 amide bonds. The number of fused-ring (bicyclic) bond motifs is 19. The van der Waals surface area contributed by atoms with E-state index in [0.717, 1.165) is 56.7 Å². The molecule has 6 aromatic carbocycles. The van der Waals surface area contributed by atoms with E-state index in [1.54, 1.807) is 0 Å². The Hall–Kier alpha value is -6.07. The molecule has 2 aromatic heterocycles. The first-order chi connectivity index (χ1) is 27.9. The molecular weight excluding hydrogens is 815 g/mol. The van der Waals surface area contributed by atoms with Crippen molar-refractivity contribution in [3.63, 3.8) is 0 Å². The predicted octanol–water partition coefficient (Wildman–Crippen LogP) is 7.42. The fourth-order valence-electron chi connectivity index (χ4n) is 10.9. The fraction of sp³-hybridized carbons (Fsp3) is 0.167. The predicted molar refractivity (Wildman–Crippen MR) is 225 cm³/mol. The summed E-state index contributed by atoms with van der Waals surface area (Å²) in [6.45, 7) is 9.67. The van der Waals surface area contributed by atoms with Crippen molar-refractivity contribution in [2.45, 2.75) is 44.9 Å². The molecule has 5 atom stereocenters. The maximum absolute atomic E-state index is 5.52. The summed E-state index contributed by atoms with van der Waals surface area (Å²) in [6, 6.07) is 53.0. The zero-order valence-electron chi connectivity index (χ0n) is 32.0. The molecule has 0 aliphatic carbocycles. The van der Waals surface area contributed by atoms with E-state index in [1.165, 1.54) is 31.6 Å². The van der Waals surface area contributed by atoms with E-state index in [0.29, 0.717) is 0 Å². The molecule has 1 spiro atoms. The molecule has 0 radical (unpaired) electrons. The molecule has 1 saturated heterocycles. The molecule has 1 fully saturated rings. The molecule has 278 valence electrons. The van der Waals surface area contributed by atoms with Gasteiger partial charge in [-0.25, -0.2) is 0 Å². The van der Waals surface area contributed by atoms with Crippen molar-refractivity contribution in [3.05, 3.63) is 166 Å². The number of alkyl halides is 3. The van der Waals surface area contributed by atoms with E-state index < -0.39 is 18.4 Å². The summed E-state index contributed by atoms with van der Waals surface area (Å²) >= 11 is -3.65. The summed E-state index contributed by atoms with van der Waals surface area (Å²) in [7, 11) is 0. The summed E-state index contributed by atoms with van der Waals surface area (Å²) in [6.07, 6.45) is -0.0973. The van der Waals surface area contributed by atoms with Crippen LogP contribution in [0.25, 0.3) is 22.1 Å². The molecular formula is C48H38IN8-. The number of para-hydroxylation sites is 6. The Morgan fingerprint density at radius 1 is 0.474 bits per heavy atom. The second-order valence-corrected chi connectivity index (χ2v) is 26.4. The van der Waals surface area contributed by atoms with Crippen LogP contribution in [-0.4, -0.2) is 33.7 Å². The third-order valence-corrected chi connectivity index (χ3v) is 28.7. The van der Waals surface area contributed by atoms with Gasteiger partial charge in [0.05, 0.1) is 0 Å². The minimum absolute atomic E-state index is 0.00690. The van der Waals surface area contributed by atoms with Crippen LogP contribution >= 0.6 is 0 Å². The number of nitrogens with zero attached hydrogens (tertiary/aromatic N) is 8. The SMILES string of the molecule is Cc1ccc(N2c3nc4ccccc4nc3N3c4ccc(C)cc4[I-]4(C23)C2(C)c3ccccc3N3c5nc6ccccc6nc5N(c5ccccc5)C3C24C)cc1. The first-order valence-corrected chi connectivity index (χ1v) is 24.1. The van der Waals surface area contributed by atoms with Gasteiger partial charge < -0.3 is 0 Å². The van der Waals surface area contributed by atoms with Gasteiger partial charge in [-0.05, 0) is 0 Å². The van der Waals surface area contributed by atoms with Crippen molar-refractivity contribution in [3.8, 4) is 0 Å². The molecule has 5 aliphatic rings. The van der Waals surface area contributed by atoms with Crippen LogP contribution in [0.15, 0.2) is 146 Å². The van der Waals surface area contributed by atoms with Crippen LogP contribution in [0.3, 0.4) is 0 Å². The number of hydrogen-bond acceptors (Lipinski definition) is 8. The van der Waals surface area contributed by atoms with Crippen molar-refractivity contribution < 1.29 is 18.4 Å². The summed E-state index contributed by atoms with van der Waals surface area (Å²) in [5, 5.41) is 0. The summed E-state index contributed by atoms with van der Waals surface area (Å²) in [5.74, 6) is 3.70. The standard InChI is InChI=1S/C48H38IN8/c1-29-22-25-32(26-23-29)55-42-44(53-38-20-12-10-18-36(38)51-42)57-40-27-24-30(2)28-34(40)49(46(55)57)47(3)33-16-8-13-21-39(33)56-43-41(50-35-17-9-11-19-37(35)52-43)54(45(56)48(47,49)4)31-14-6-5-7-15-31/h5-28,45-46H,1-4H3/q-1. The van der Waals surface area contributed by atoms with Crippen molar-refractivity contribution >= 4 is 68.1 Å². The van der Waals surface area contributed by atoms with Crippen LogP contribution in [-0.2, 0) is 3.42 Å². The van der Waals surface area contributed by atoms with Crippen LogP contribution in [0.5, 0.6) is 0 Å². The molecule has 5 unspecified atom stereocenters. The third-order valence-electron chi connectivity index (χ3n) is 13.5. The minimum atomic E-state index is -3.65. The molecule has 57 heavy (non-hydrogen) atoms. The molecule has 0 saturated carbocycles. The molecule has 9 heteroatoms. The Bertz CT molecular complexity index is 3010. The fourth-order valence-corrected chi connectivity index (χ4v) is 30.2. The quantitative estimate of drug-likeness (QED) is 0.101. The Balaban J connectivity index is 1.16. The van der Waals surface area contributed by atoms with Gasteiger partial charge in [0.1, 0.15) is 0 Å². The average Bonchev–Trinajstić information content (AvgIpc) is 3.58. The normalized spacial score (nSPS) is 26.7. The topological polar surface area (TPSA) is 64.5 Å². The van der Waals surface area contributed by atoms with Crippen molar-refractivity contribution in [2.24, 2.45) is 0 Å². The number of aryl methyl sites for hydroxylation is 2. The third kappa shape index (κ3) is 3.58. The first kappa shape index (κ1) is 32.1. The van der Waals surface area contributed by atoms with E-state index in [2.05, 4.69) is 193 Å². The van der Waals surface area contributed by atoms with Gasteiger partial charge in [-0.1, -0.05) is 0 Å². The number of benzene rings is 6. The van der Waals surface area contributed by atoms with Gasteiger partial charge in [-0.2, -0.15) is 0 Å². The van der Waals surface area contributed by atoms with Crippen LogP contribution in [0.4, 0.5) is 46.0 Å². The Labute approximate surface area is 335 Å². The summed E-state index contributed by atoms with van der Waals surface area (Å²) in [5.41, 5.74) is 12.3. The van der Waals surface area contributed by atoms with Gasteiger partial charge in [-0.3, -0.25) is 0 Å². The Morgan fingerprint density at radius 3 is 1.63 bits per heavy atom. The first-order valence-electron chi connectivity index (χ1n) is 19.6. The second kappa shape index (κ2) is 10.7. The summed E-state index contributed by atoms with van der Waals surface area (Å²) in [4.78, 5) is 32.3. The monoisotopic (exact) mass is 853 g/mol. The molecule has 7 heterocycles. The number of halogens is 1. The number of anilines is 8. The number of aromatic nitrogens is 4. The van der Waals surface area contributed by atoms with E-state index in [-0.39, 0.29) is 17.2 Å². The second-order valence-electron chi connectivity index (χ2n) is 16.2. The number of rotatable bonds is 2. The van der Waals surface area contributed by atoms with E-state index in [1.807, 2.05) is 0 Å². The van der Waals surface area contributed by atoms with Crippen LogP contribution in [0.2, 0.25) is 0 Å². The van der Waals surface area contributed by atoms with Gasteiger partial charge in [0.25, 0.3) is 0 Å².